The SMILES string of the molecule is Cc1cnc(N2NC=C(n3ccnc3)C2C=O)cc1C. The van der Waals surface area contributed by atoms with E-state index >= 15 is 0 Å². The Morgan fingerprint density at radius 1 is 1.35 bits per heavy atom. The summed E-state index contributed by atoms with van der Waals surface area (Å²) in [4.78, 5) is 19.8. The molecule has 3 heterocycles. The first-order valence-electron chi connectivity index (χ1n) is 6.33. The fourth-order valence-electron chi connectivity index (χ4n) is 2.15. The average molecular weight is 269 g/mol. The summed E-state index contributed by atoms with van der Waals surface area (Å²) in [6.07, 6.45) is 9.64. The summed E-state index contributed by atoms with van der Waals surface area (Å²) in [5.74, 6) is 0.719. The minimum atomic E-state index is -0.432. The van der Waals surface area contributed by atoms with E-state index in [1.807, 2.05) is 30.7 Å². The second kappa shape index (κ2) is 4.80. The molecule has 0 fully saturated rings. The van der Waals surface area contributed by atoms with Crippen LogP contribution in [-0.4, -0.2) is 26.9 Å². The van der Waals surface area contributed by atoms with E-state index in [-0.39, 0.29) is 0 Å². The lowest BCUT2D eigenvalue weighted by Gasteiger charge is -2.23. The van der Waals surface area contributed by atoms with Crippen molar-refractivity contribution in [3.8, 4) is 0 Å². The molecule has 1 N–H and O–H groups in total. The van der Waals surface area contributed by atoms with Crippen LogP contribution in [0.1, 0.15) is 11.1 Å². The smallest absolute Gasteiger partial charge is 0.150 e. The van der Waals surface area contributed by atoms with Crippen LogP contribution in [-0.2, 0) is 4.79 Å². The molecule has 6 nitrogen and oxygen atoms in total. The molecule has 102 valence electrons. The molecule has 2 aromatic rings. The first-order valence-corrected chi connectivity index (χ1v) is 6.33. The summed E-state index contributed by atoms with van der Waals surface area (Å²) >= 11 is 0. The molecule has 1 aliphatic heterocycles. The molecule has 0 saturated carbocycles. The number of carbonyl (C=O) groups is 1. The van der Waals surface area contributed by atoms with Gasteiger partial charge in [-0.3, -0.25) is 5.01 Å². The number of aryl methyl sites for hydroxylation is 2. The third-order valence-electron chi connectivity index (χ3n) is 3.47. The van der Waals surface area contributed by atoms with Crippen LogP contribution in [0.15, 0.2) is 37.2 Å². The number of anilines is 1. The molecule has 2 aromatic heterocycles. The first kappa shape index (κ1) is 12.4. The van der Waals surface area contributed by atoms with Gasteiger partial charge in [-0.2, -0.15) is 0 Å². The fourth-order valence-corrected chi connectivity index (χ4v) is 2.15. The normalized spacial score (nSPS) is 17.8. The van der Waals surface area contributed by atoms with E-state index in [1.54, 1.807) is 29.9 Å². The van der Waals surface area contributed by atoms with E-state index in [0.29, 0.717) is 0 Å². The minimum Gasteiger partial charge on any atom is -0.306 e. The van der Waals surface area contributed by atoms with Crippen LogP contribution < -0.4 is 10.4 Å². The quantitative estimate of drug-likeness (QED) is 0.851. The predicted octanol–water partition coefficient (Wildman–Crippen LogP) is 1.29. The summed E-state index contributed by atoms with van der Waals surface area (Å²) in [5, 5.41) is 1.74. The van der Waals surface area contributed by atoms with Crippen molar-refractivity contribution in [1.29, 1.82) is 0 Å². The fraction of sp³-hybridized carbons (Fsp3) is 0.214. The van der Waals surface area contributed by atoms with Gasteiger partial charge in [0.25, 0.3) is 0 Å². The Morgan fingerprint density at radius 2 is 2.20 bits per heavy atom. The zero-order chi connectivity index (χ0) is 14.1. The van der Waals surface area contributed by atoms with Gasteiger partial charge in [-0.05, 0) is 31.0 Å². The summed E-state index contributed by atoms with van der Waals surface area (Å²) in [5.41, 5.74) is 6.17. The van der Waals surface area contributed by atoms with Crippen molar-refractivity contribution < 1.29 is 4.79 Å². The number of imidazole rings is 1. The summed E-state index contributed by atoms with van der Waals surface area (Å²) in [7, 11) is 0. The second-order valence-electron chi connectivity index (χ2n) is 4.75. The van der Waals surface area contributed by atoms with Crippen LogP contribution in [0, 0.1) is 13.8 Å². The highest BCUT2D eigenvalue weighted by molar-refractivity contribution is 5.83. The van der Waals surface area contributed by atoms with Gasteiger partial charge in [0.1, 0.15) is 11.9 Å². The zero-order valence-electron chi connectivity index (χ0n) is 11.3. The van der Waals surface area contributed by atoms with Crippen LogP contribution in [0.3, 0.4) is 0 Å². The maximum absolute atomic E-state index is 11.5. The van der Waals surface area contributed by atoms with Gasteiger partial charge in [0.2, 0.25) is 0 Å². The van der Waals surface area contributed by atoms with Gasteiger partial charge in [-0.15, -0.1) is 0 Å². The first-order chi connectivity index (χ1) is 9.70. The molecule has 20 heavy (non-hydrogen) atoms. The summed E-state index contributed by atoms with van der Waals surface area (Å²) in [6.45, 7) is 4.03. The van der Waals surface area contributed by atoms with Crippen molar-refractivity contribution in [2.24, 2.45) is 0 Å². The Labute approximate surface area is 116 Å². The predicted molar refractivity (Wildman–Crippen MR) is 75.7 cm³/mol. The third kappa shape index (κ3) is 1.95. The Morgan fingerprint density at radius 3 is 2.85 bits per heavy atom. The monoisotopic (exact) mass is 269 g/mol. The molecule has 0 bridgehead atoms. The van der Waals surface area contributed by atoms with Crippen LogP contribution in [0.2, 0.25) is 0 Å². The van der Waals surface area contributed by atoms with Crippen LogP contribution in [0.4, 0.5) is 5.82 Å². The maximum atomic E-state index is 11.5. The zero-order valence-corrected chi connectivity index (χ0v) is 11.3. The number of rotatable bonds is 3. The van der Waals surface area contributed by atoms with Crippen LogP contribution in [0.5, 0.6) is 0 Å². The number of nitrogens with one attached hydrogen (secondary N) is 1. The van der Waals surface area contributed by atoms with Gasteiger partial charge in [-0.25, -0.2) is 9.97 Å². The Hall–Kier alpha value is -2.63. The second-order valence-corrected chi connectivity index (χ2v) is 4.75. The van der Waals surface area contributed by atoms with Crippen molar-refractivity contribution in [1.82, 2.24) is 20.0 Å². The lowest BCUT2D eigenvalue weighted by atomic mass is 10.2. The number of hydrogen-bond donors (Lipinski definition) is 1. The highest BCUT2D eigenvalue weighted by Gasteiger charge is 2.29. The van der Waals surface area contributed by atoms with Crippen LogP contribution >= 0.6 is 0 Å². The molecule has 0 aliphatic carbocycles. The number of aldehydes is 1. The largest absolute Gasteiger partial charge is 0.306 e. The number of hydrogen-bond acceptors (Lipinski definition) is 5. The third-order valence-corrected chi connectivity index (χ3v) is 3.47. The number of aromatic nitrogens is 3. The maximum Gasteiger partial charge on any atom is 0.150 e. The van der Waals surface area contributed by atoms with Crippen molar-refractivity contribution in [3.63, 3.8) is 0 Å². The average Bonchev–Trinajstić information content (AvgIpc) is 3.09. The van der Waals surface area contributed by atoms with E-state index in [0.717, 1.165) is 28.9 Å². The van der Waals surface area contributed by atoms with Gasteiger partial charge in [-0.1, -0.05) is 0 Å². The summed E-state index contributed by atoms with van der Waals surface area (Å²) < 4.78 is 1.81. The van der Waals surface area contributed by atoms with Crippen molar-refractivity contribution in [2.45, 2.75) is 19.9 Å². The van der Waals surface area contributed by atoms with E-state index < -0.39 is 6.04 Å². The van der Waals surface area contributed by atoms with Crippen molar-refractivity contribution in [2.75, 3.05) is 5.01 Å². The molecule has 1 unspecified atom stereocenters. The molecule has 6 heteroatoms. The van der Waals surface area contributed by atoms with E-state index in [2.05, 4.69) is 15.4 Å². The molecule has 3 rings (SSSR count). The van der Waals surface area contributed by atoms with Gasteiger partial charge < -0.3 is 14.8 Å². The molecular formula is C14H15N5O. The van der Waals surface area contributed by atoms with Gasteiger partial charge in [0, 0.05) is 24.8 Å². The van der Waals surface area contributed by atoms with E-state index in [9.17, 15) is 4.79 Å². The lowest BCUT2D eigenvalue weighted by Crippen LogP contribution is -2.40. The molecule has 1 aliphatic rings. The van der Waals surface area contributed by atoms with Gasteiger partial charge in [0.15, 0.2) is 6.29 Å². The van der Waals surface area contributed by atoms with E-state index in [1.165, 1.54) is 0 Å². The highest BCUT2D eigenvalue weighted by Crippen LogP contribution is 2.24. The van der Waals surface area contributed by atoms with Gasteiger partial charge >= 0.3 is 0 Å². The molecule has 0 aromatic carbocycles. The Kier molecular flexibility index (Phi) is 2.98. The standard InChI is InChI=1S/C14H15N5O/c1-10-5-14(16-6-11(10)2)19-13(8-20)12(7-17-19)18-4-3-15-9-18/h3-9,13,17H,1-2H3. The number of carbonyl (C=O) groups excluding carboxylic acids is 1. The van der Waals surface area contributed by atoms with Gasteiger partial charge in [0.05, 0.1) is 12.0 Å². The van der Waals surface area contributed by atoms with E-state index in [4.69, 9.17) is 0 Å². The van der Waals surface area contributed by atoms with Crippen molar-refractivity contribution >= 4 is 17.8 Å². The number of pyridine rings is 1. The molecule has 0 radical (unpaired) electrons. The summed E-state index contributed by atoms with van der Waals surface area (Å²) in [6, 6.07) is 1.53. The molecule has 1 atom stereocenters. The Balaban J connectivity index is 1.93. The Bertz CT molecular complexity index is 662. The number of nitrogens with zero attached hydrogens (tertiary/aromatic N) is 4. The van der Waals surface area contributed by atoms with Crippen LogP contribution in [0.25, 0.3) is 5.70 Å². The molecule has 0 amide bonds. The lowest BCUT2D eigenvalue weighted by molar-refractivity contribution is -0.108. The highest BCUT2D eigenvalue weighted by atomic mass is 16.1. The topological polar surface area (TPSA) is 63.1 Å². The molecular weight excluding hydrogens is 254 g/mol. The molecule has 0 saturated heterocycles. The molecule has 0 spiro atoms. The minimum absolute atomic E-state index is 0.432. The number of hydrazine groups is 1. The van der Waals surface area contributed by atoms with Crippen molar-refractivity contribution in [3.05, 3.63) is 48.3 Å².